The van der Waals surface area contributed by atoms with Crippen LogP contribution in [0.25, 0.3) is 21.5 Å². The number of nitro benzene ring substituents is 1. The van der Waals surface area contributed by atoms with Crippen molar-refractivity contribution in [2.24, 2.45) is 30.7 Å². The van der Waals surface area contributed by atoms with Gasteiger partial charge in [-0.25, -0.2) is 10.5 Å². The molecule has 0 aliphatic carbocycles. The summed E-state index contributed by atoms with van der Waals surface area (Å²) >= 11 is 0.255. The highest BCUT2D eigenvalue weighted by atomic mass is 32.2. The Morgan fingerprint density at radius 1 is 0.689 bits per heavy atom. The molecule has 0 atom stereocenters. The molecule has 0 aliphatic heterocycles. The van der Waals surface area contributed by atoms with Gasteiger partial charge < -0.3 is 20.7 Å². The standard InChI is InChI=1S/C28H22N8O20S5/c1-30-34-25-21(60(46,47)48)6-11-10(26(25)37)3-4-13(28(11)61(49,50)51)31-33-15-8-20(59(43,44)45)12-5-19(58-56-54-42)24(27(38)22(12)23(15)29)35-32-14-7-18(57-55-53-41)16(36(39)40)9-17(14)52-2/h3-9,37-38,41-42H,29H2,1-2H3,(H,43,44,45)(H,46,47,48)(H,49,50,51). The van der Waals surface area contributed by atoms with E-state index in [0.717, 1.165) is 44.5 Å². The van der Waals surface area contributed by atoms with Crippen molar-refractivity contribution in [3.05, 3.63) is 52.6 Å². The molecule has 28 nitrogen and oxygen atoms in total. The maximum Gasteiger partial charge on any atom is 0.297 e. The molecule has 0 unspecified atom stereocenters. The Balaban J connectivity index is 1.80. The minimum absolute atomic E-state index is 0.0934. The lowest BCUT2D eigenvalue weighted by Crippen LogP contribution is -2.03. The molecule has 0 radical (unpaired) electrons. The summed E-state index contributed by atoms with van der Waals surface area (Å²) in [6, 6.07) is 5.68. The van der Waals surface area contributed by atoms with Crippen LogP contribution in [0.15, 0.2) is 97.6 Å². The van der Waals surface area contributed by atoms with Gasteiger partial charge in [0.05, 0.1) is 58.2 Å². The molecule has 0 heterocycles. The second-order valence-corrected chi connectivity index (χ2v) is 16.8. The van der Waals surface area contributed by atoms with Gasteiger partial charge in [0.15, 0.2) is 17.2 Å². The fourth-order valence-electron chi connectivity index (χ4n) is 5.39. The number of ether oxygens (including phenoxy) is 1. The Morgan fingerprint density at radius 2 is 1.30 bits per heavy atom. The third kappa shape index (κ3) is 9.58. The SMILES string of the molecule is CN=Nc1c(S(=O)(=O)O)cc2c(S(=O)(=O)O)c(N=Nc3cc(S(=O)(=O)O)c4cc(SOOO)c(N=Nc5cc(SOOO)c([N+](=O)[O-])cc5OC)c(O)c4c3N)ccc2c1O. The molecule has 61 heavy (non-hydrogen) atoms. The van der Waals surface area contributed by atoms with Crippen molar-refractivity contribution in [1.29, 1.82) is 0 Å². The Bertz CT molecular complexity index is 3060. The minimum Gasteiger partial charge on any atom is -0.505 e. The van der Waals surface area contributed by atoms with Gasteiger partial charge in [-0.1, -0.05) is 10.1 Å². The van der Waals surface area contributed by atoms with Crippen LogP contribution in [-0.2, 0) is 49.1 Å². The number of hydrogen-bond donors (Lipinski definition) is 8. The molecular formula is C28H22N8O20S5. The van der Waals surface area contributed by atoms with E-state index < -0.39 is 122 Å². The Labute approximate surface area is 347 Å². The number of aromatic hydroxyl groups is 2. The molecular weight excluding hydrogens is 929 g/mol. The summed E-state index contributed by atoms with van der Waals surface area (Å²) in [6.45, 7) is 0. The van der Waals surface area contributed by atoms with E-state index >= 15 is 0 Å². The van der Waals surface area contributed by atoms with E-state index in [1.807, 2.05) is 0 Å². The van der Waals surface area contributed by atoms with Crippen LogP contribution in [-0.4, -0.2) is 78.7 Å². The van der Waals surface area contributed by atoms with Crippen molar-refractivity contribution in [3.63, 3.8) is 0 Å². The molecule has 0 amide bonds. The predicted octanol–water partition coefficient (Wildman–Crippen LogP) is 7.04. The van der Waals surface area contributed by atoms with Crippen molar-refractivity contribution in [2.45, 2.75) is 24.5 Å². The molecule has 0 aromatic heterocycles. The van der Waals surface area contributed by atoms with Crippen molar-refractivity contribution in [3.8, 4) is 17.2 Å². The molecule has 0 fully saturated rings. The number of nitrogens with zero attached hydrogens (tertiary/aromatic N) is 7. The van der Waals surface area contributed by atoms with E-state index in [1.54, 1.807) is 0 Å². The highest BCUT2D eigenvalue weighted by Crippen LogP contribution is 2.51. The summed E-state index contributed by atoms with van der Waals surface area (Å²) in [6.07, 6.45) is 0. The quantitative estimate of drug-likeness (QED) is 0.00934. The van der Waals surface area contributed by atoms with E-state index in [0.29, 0.717) is 12.1 Å². The second kappa shape index (κ2) is 18.1. The Kier molecular flexibility index (Phi) is 13.7. The molecule has 324 valence electrons. The molecule has 9 N–H and O–H groups in total. The number of phenolic OH excluding ortho intramolecular Hbond substituents is 2. The largest absolute Gasteiger partial charge is 0.505 e. The normalized spacial score (nSPS) is 12.8. The first-order valence-corrected chi connectivity index (χ1v) is 21.1. The monoisotopic (exact) mass is 950 g/mol. The van der Waals surface area contributed by atoms with Gasteiger partial charge >= 0.3 is 0 Å². The zero-order valence-corrected chi connectivity index (χ0v) is 33.8. The Hall–Kier alpha value is -5.79. The van der Waals surface area contributed by atoms with E-state index in [-0.39, 0.29) is 40.4 Å². The number of rotatable bonds is 16. The molecule has 0 saturated carbocycles. The number of fused-ring (bicyclic) bond motifs is 2. The highest BCUT2D eigenvalue weighted by molar-refractivity contribution is 7.95. The van der Waals surface area contributed by atoms with E-state index in [9.17, 15) is 59.2 Å². The molecule has 5 aromatic rings. The summed E-state index contributed by atoms with van der Waals surface area (Å²) < 4.78 is 119. The first kappa shape index (κ1) is 46.3. The van der Waals surface area contributed by atoms with Gasteiger partial charge in [-0.2, -0.15) is 35.5 Å². The number of nitrogen functional groups attached to an aromatic ring is 1. The summed E-state index contributed by atoms with van der Waals surface area (Å²) in [5.41, 5.74) is 1.70. The van der Waals surface area contributed by atoms with Gasteiger partial charge in [-0.3, -0.25) is 23.8 Å². The third-order valence-electron chi connectivity index (χ3n) is 7.78. The van der Waals surface area contributed by atoms with Crippen molar-refractivity contribution in [1.82, 2.24) is 0 Å². The van der Waals surface area contributed by atoms with Gasteiger partial charge in [-0.15, -0.1) is 29.1 Å². The number of azo groups is 3. The lowest BCUT2D eigenvalue weighted by Gasteiger charge is -2.15. The summed E-state index contributed by atoms with van der Waals surface area (Å²) in [7, 11) is -13.8. The van der Waals surface area contributed by atoms with Gasteiger partial charge in [0.25, 0.3) is 36.0 Å². The number of benzene rings is 5. The van der Waals surface area contributed by atoms with E-state index in [2.05, 4.69) is 49.4 Å². The summed E-state index contributed by atoms with van der Waals surface area (Å²) in [5.74, 6) is -2.36. The van der Waals surface area contributed by atoms with E-state index in [4.69, 9.17) is 21.0 Å². The van der Waals surface area contributed by atoms with Gasteiger partial charge in [0, 0.05) is 23.2 Å². The minimum atomic E-state index is -5.45. The van der Waals surface area contributed by atoms with Crippen LogP contribution in [0.5, 0.6) is 17.2 Å². The fourth-order valence-corrected chi connectivity index (χ4v) is 8.53. The van der Waals surface area contributed by atoms with Crippen molar-refractivity contribution in [2.75, 3.05) is 19.9 Å². The van der Waals surface area contributed by atoms with Crippen molar-refractivity contribution >= 4 is 116 Å². The Morgan fingerprint density at radius 3 is 1.85 bits per heavy atom. The number of phenols is 2. The highest BCUT2D eigenvalue weighted by Gasteiger charge is 2.29. The fraction of sp³-hybridized carbons (Fsp3) is 0.0714. The van der Waals surface area contributed by atoms with E-state index in [1.165, 1.54) is 0 Å². The van der Waals surface area contributed by atoms with Crippen molar-refractivity contribution < 1.29 is 88.0 Å². The number of nitro groups is 1. The van der Waals surface area contributed by atoms with Crippen LogP contribution in [0.2, 0.25) is 0 Å². The molecule has 0 bridgehead atoms. The lowest BCUT2D eigenvalue weighted by atomic mass is 10.0. The lowest BCUT2D eigenvalue weighted by molar-refractivity contribution is -0.432. The van der Waals surface area contributed by atoms with Gasteiger partial charge in [-0.05, 0) is 36.4 Å². The van der Waals surface area contributed by atoms with Crippen LogP contribution in [0, 0.1) is 10.1 Å². The average molecular weight is 951 g/mol. The molecule has 0 spiro atoms. The molecule has 0 saturated heterocycles. The van der Waals surface area contributed by atoms with Crippen LogP contribution < -0.4 is 10.5 Å². The predicted molar refractivity (Wildman–Crippen MR) is 205 cm³/mol. The van der Waals surface area contributed by atoms with Crippen LogP contribution in [0.3, 0.4) is 0 Å². The molecule has 0 aliphatic rings. The topological polar surface area (TPSA) is 434 Å². The van der Waals surface area contributed by atoms with Crippen LogP contribution >= 0.6 is 24.1 Å². The number of methoxy groups -OCH3 is 1. The molecule has 5 aromatic carbocycles. The number of nitrogens with two attached hydrogens (primary N) is 1. The smallest absolute Gasteiger partial charge is 0.297 e. The maximum absolute atomic E-state index is 12.7. The summed E-state index contributed by atoms with van der Waals surface area (Å²) in [4.78, 5) is 6.62. The van der Waals surface area contributed by atoms with Crippen LogP contribution in [0.4, 0.5) is 39.8 Å². The first-order valence-electron chi connectivity index (χ1n) is 15.2. The van der Waals surface area contributed by atoms with Gasteiger partial charge in [0.1, 0.15) is 48.0 Å². The van der Waals surface area contributed by atoms with Crippen LogP contribution in [0.1, 0.15) is 0 Å². The third-order valence-corrected chi connectivity index (χ3v) is 11.7. The zero-order valence-electron chi connectivity index (χ0n) is 29.7. The second-order valence-electron chi connectivity index (χ2n) is 11.2. The molecule has 5 rings (SSSR count). The maximum atomic E-state index is 12.7. The number of anilines is 1. The zero-order chi connectivity index (χ0) is 45.2. The molecule has 33 heteroatoms. The summed E-state index contributed by atoms with van der Waals surface area (Å²) in [5, 5.41) is 78.1. The first-order chi connectivity index (χ1) is 28.6. The average Bonchev–Trinajstić information content (AvgIpc) is 3.17. The number of hydrogen-bond acceptors (Lipinski definition) is 26. The van der Waals surface area contributed by atoms with Gasteiger partial charge in [0.2, 0.25) is 0 Å².